The maximum atomic E-state index is 12.4. The summed E-state index contributed by atoms with van der Waals surface area (Å²) in [6.45, 7) is 1.39. The monoisotopic (exact) mass is 305 g/mol. The van der Waals surface area contributed by atoms with Crippen LogP contribution in [0.25, 0.3) is 11.3 Å². The Balaban J connectivity index is 1.44. The van der Waals surface area contributed by atoms with Crippen molar-refractivity contribution in [3.63, 3.8) is 0 Å². The van der Waals surface area contributed by atoms with Crippen molar-refractivity contribution in [2.24, 2.45) is 0 Å². The van der Waals surface area contributed by atoms with Gasteiger partial charge >= 0.3 is 0 Å². The molecule has 1 saturated heterocycles. The van der Waals surface area contributed by atoms with Crippen molar-refractivity contribution in [2.45, 2.75) is 5.92 Å². The number of amides is 1. The molecule has 3 aromatic rings. The first-order chi connectivity index (χ1) is 11.3. The predicted molar refractivity (Wildman–Crippen MR) is 84.8 cm³/mol. The van der Waals surface area contributed by atoms with E-state index in [1.165, 1.54) is 5.56 Å². The first-order valence-corrected chi connectivity index (χ1v) is 7.52. The molecular weight excluding hydrogens is 290 g/mol. The number of benzene rings is 1. The Morgan fingerprint density at radius 2 is 1.96 bits per heavy atom. The van der Waals surface area contributed by atoms with Crippen molar-refractivity contribution >= 4 is 5.91 Å². The summed E-state index contributed by atoms with van der Waals surface area (Å²) in [5.74, 6) is 0.877. The third-order valence-corrected chi connectivity index (χ3v) is 4.11. The zero-order chi connectivity index (χ0) is 15.6. The van der Waals surface area contributed by atoms with Crippen molar-refractivity contribution in [3.05, 3.63) is 72.2 Å². The maximum absolute atomic E-state index is 12.4. The Hall–Kier alpha value is -2.95. The fraction of sp³-hybridized carbons (Fsp3) is 0.167. The van der Waals surface area contributed by atoms with Crippen LogP contribution in [0.1, 0.15) is 22.0 Å². The molecule has 1 aliphatic rings. The predicted octanol–water partition coefficient (Wildman–Crippen LogP) is 2.98. The van der Waals surface area contributed by atoms with Gasteiger partial charge in [-0.05, 0) is 11.6 Å². The van der Waals surface area contributed by atoms with Crippen LogP contribution in [0.3, 0.4) is 0 Å². The molecule has 0 N–H and O–H groups in total. The molecule has 114 valence electrons. The second-order valence-corrected chi connectivity index (χ2v) is 5.64. The molecule has 0 saturated carbocycles. The normalized spacial score (nSPS) is 14.5. The van der Waals surface area contributed by atoms with Crippen molar-refractivity contribution in [2.75, 3.05) is 13.1 Å². The number of hydrogen-bond donors (Lipinski definition) is 0. The Morgan fingerprint density at radius 1 is 1.13 bits per heavy atom. The molecule has 1 fully saturated rings. The molecule has 1 aromatic carbocycles. The lowest BCUT2D eigenvalue weighted by Gasteiger charge is -2.38. The van der Waals surface area contributed by atoms with Gasteiger partial charge in [0.2, 0.25) is 0 Å². The van der Waals surface area contributed by atoms with Crippen LogP contribution < -0.4 is 0 Å². The molecule has 5 heteroatoms. The summed E-state index contributed by atoms with van der Waals surface area (Å²) in [6.07, 6.45) is 3.61. The average Bonchev–Trinajstić information content (AvgIpc) is 3.05. The number of hydrogen-bond acceptors (Lipinski definition) is 4. The zero-order valence-electron chi connectivity index (χ0n) is 12.4. The Labute approximate surface area is 133 Å². The minimum absolute atomic E-state index is 0.0870. The molecule has 2 aromatic heterocycles. The molecule has 0 bridgehead atoms. The van der Waals surface area contributed by atoms with Gasteiger partial charge in [0.25, 0.3) is 5.91 Å². The van der Waals surface area contributed by atoms with Crippen molar-refractivity contribution in [1.29, 1.82) is 0 Å². The standard InChI is InChI=1S/C18H15N3O2/c22-18(21-11-15(12-21)14-7-4-8-19-10-14)16-9-17(23-20-16)13-5-2-1-3-6-13/h1-10,15H,11-12H2. The molecule has 4 rings (SSSR count). The Bertz CT molecular complexity index is 809. The van der Waals surface area contributed by atoms with E-state index < -0.39 is 0 Å². The zero-order valence-corrected chi connectivity index (χ0v) is 12.4. The average molecular weight is 305 g/mol. The van der Waals surface area contributed by atoms with Gasteiger partial charge in [0.1, 0.15) is 0 Å². The summed E-state index contributed by atoms with van der Waals surface area (Å²) in [5.41, 5.74) is 2.44. The highest BCUT2D eigenvalue weighted by atomic mass is 16.5. The maximum Gasteiger partial charge on any atom is 0.276 e. The van der Waals surface area contributed by atoms with E-state index in [9.17, 15) is 4.79 Å². The molecule has 0 unspecified atom stereocenters. The second-order valence-electron chi connectivity index (χ2n) is 5.64. The second kappa shape index (κ2) is 5.68. The van der Waals surface area contributed by atoms with Gasteiger partial charge in [-0.1, -0.05) is 41.6 Å². The van der Waals surface area contributed by atoms with E-state index in [4.69, 9.17) is 4.52 Å². The fourth-order valence-electron chi connectivity index (χ4n) is 2.75. The van der Waals surface area contributed by atoms with Crippen LogP contribution >= 0.6 is 0 Å². The lowest BCUT2D eigenvalue weighted by molar-refractivity contribution is 0.0591. The smallest absolute Gasteiger partial charge is 0.276 e. The summed E-state index contributed by atoms with van der Waals surface area (Å²) in [6, 6.07) is 15.3. The van der Waals surface area contributed by atoms with E-state index >= 15 is 0 Å². The molecule has 1 amide bonds. The number of carbonyl (C=O) groups excluding carboxylic acids is 1. The van der Waals surface area contributed by atoms with Crippen molar-refractivity contribution in [1.82, 2.24) is 15.0 Å². The van der Waals surface area contributed by atoms with Crippen molar-refractivity contribution < 1.29 is 9.32 Å². The Morgan fingerprint density at radius 3 is 2.70 bits per heavy atom. The summed E-state index contributed by atoms with van der Waals surface area (Å²) in [7, 11) is 0. The largest absolute Gasteiger partial charge is 0.355 e. The lowest BCUT2D eigenvalue weighted by atomic mass is 9.92. The molecule has 3 heterocycles. The van der Waals surface area contributed by atoms with E-state index in [0.29, 0.717) is 30.5 Å². The van der Waals surface area contributed by atoms with Gasteiger partial charge in [-0.2, -0.15) is 0 Å². The van der Waals surface area contributed by atoms with Crippen LogP contribution in [0.15, 0.2) is 65.4 Å². The number of rotatable bonds is 3. The summed E-state index contributed by atoms with van der Waals surface area (Å²) < 4.78 is 5.29. The van der Waals surface area contributed by atoms with Crippen LogP contribution in [0.2, 0.25) is 0 Å². The van der Waals surface area contributed by atoms with Gasteiger partial charge in [-0.3, -0.25) is 9.78 Å². The highest BCUT2D eigenvalue weighted by Crippen LogP contribution is 2.28. The van der Waals surface area contributed by atoms with Crippen molar-refractivity contribution in [3.8, 4) is 11.3 Å². The highest BCUT2D eigenvalue weighted by Gasteiger charge is 2.33. The highest BCUT2D eigenvalue weighted by molar-refractivity contribution is 5.93. The third kappa shape index (κ3) is 2.61. The summed E-state index contributed by atoms with van der Waals surface area (Å²) in [5, 5.41) is 3.91. The molecule has 23 heavy (non-hydrogen) atoms. The van der Waals surface area contributed by atoms with Gasteiger partial charge in [-0.15, -0.1) is 0 Å². The van der Waals surface area contributed by atoms with Gasteiger partial charge < -0.3 is 9.42 Å². The number of pyridine rings is 1. The molecule has 0 atom stereocenters. The van der Waals surface area contributed by atoms with E-state index in [1.54, 1.807) is 17.2 Å². The van der Waals surface area contributed by atoms with E-state index in [-0.39, 0.29) is 5.91 Å². The van der Waals surface area contributed by atoms with E-state index in [1.807, 2.05) is 48.7 Å². The number of aromatic nitrogens is 2. The van der Waals surface area contributed by atoms with Crippen LogP contribution in [-0.2, 0) is 0 Å². The first kappa shape index (κ1) is 13.7. The van der Waals surface area contributed by atoms with Gasteiger partial charge in [0.05, 0.1) is 0 Å². The van der Waals surface area contributed by atoms with Crippen LogP contribution in [-0.4, -0.2) is 34.0 Å². The molecular formula is C18H15N3O2. The van der Waals surface area contributed by atoms with Crippen LogP contribution in [0.5, 0.6) is 0 Å². The minimum atomic E-state index is -0.0870. The Kier molecular flexibility index (Phi) is 3.38. The van der Waals surface area contributed by atoms with E-state index in [2.05, 4.69) is 10.1 Å². The molecule has 0 aliphatic carbocycles. The topological polar surface area (TPSA) is 59.2 Å². The quantitative estimate of drug-likeness (QED) is 0.746. The molecule has 5 nitrogen and oxygen atoms in total. The number of likely N-dealkylation sites (tertiary alicyclic amines) is 1. The summed E-state index contributed by atoms with van der Waals surface area (Å²) in [4.78, 5) is 18.3. The van der Waals surface area contributed by atoms with Gasteiger partial charge in [-0.25, -0.2) is 0 Å². The lowest BCUT2D eigenvalue weighted by Crippen LogP contribution is -2.48. The SMILES string of the molecule is O=C(c1cc(-c2ccccc2)on1)N1CC(c2cccnc2)C1. The van der Waals surface area contributed by atoms with E-state index in [0.717, 1.165) is 5.56 Å². The van der Waals surface area contributed by atoms with Gasteiger partial charge in [0, 0.05) is 43.0 Å². The van der Waals surface area contributed by atoms with Gasteiger partial charge in [0.15, 0.2) is 11.5 Å². The molecule has 0 spiro atoms. The molecule has 1 aliphatic heterocycles. The van der Waals surface area contributed by atoms with Crippen LogP contribution in [0.4, 0.5) is 0 Å². The number of carbonyl (C=O) groups is 1. The van der Waals surface area contributed by atoms with Crippen LogP contribution in [0, 0.1) is 0 Å². The molecule has 0 radical (unpaired) electrons. The first-order valence-electron chi connectivity index (χ1n) is 7.52. The third-order valence-electron chi connectivity index (χ3n) is 4.11. The minimum Gasteiger partial charge on any atom is -0.355 e. The number of nitrogens with zero attached hydrogens (tertiary/aromatic N) is 3. The fourth-order valence-corrected chi connectivity index (χ4v) is 2.75. The summed E-state index contributed by atoms with van der Waals surface area (Å²) >= 11 is 0.